The van der Waals surface area contributed by atoms with Gasteiger partial charge in [-0.05, 0) is 25.7 Å². The number of nitrogens with one attached hydrogen (secondary N) is 1. The van der Waals surface area contributed by atoms with Crippen LogP contribution in [0.2, 0.25) is 0 Å². The van der Waals surface area contributed by atoms with E-state index in [-0.39, 0.29) is 6.42 Å². The van der Waals surface area contributed by atoms with Crippen LogP contribution in [0.25, 0.3) is 0 Å². The van der Waals surface area contributed by atoms with Crippen molar-refractivity contribution in [2.75, 3.05) is 5.75 Å². The number of hydrogen-bond acceptors (Lipinski definition) is 5. The number of allylic oxidation sites excluding steroid dienone is 3. The summed E-state index contributed by atoms with van der Waals surface area (Å²) < 4.78 is 32.1. The Hall–Kier alpha value is -1.22. The van der Waals surface area contributed by atoms with E-state index in [1.807, 2.05) is 0 Å². The van der Waals surface area contributed by atoms with Crippen molar-refractivity contribution in [3.05, 3.63) is 24.3 Å². The Labute approximate surface area is 239 Å². The molecular formula is C31H59NO6S. The molecule has 0 saturated carbocycles. The van der Waals surface area contributed by atoms with Crippen LogP contribution in [0.4, 0.5) is 0 Å². The van der Waals surface area contributed by atoms with Crippen molar-refractivity contribution in [2.45, 2.75) is 161 Å². The van der Waals surface area contributed by atoms with Crippen LogP contribution < -0.4 is 5.32 Å². The first kappa shape index (κ1) is 37.8. The summed E-state index contributed by atoms with van der Waals surface area (Å²) in [4.78, 5) is 12.4. The summed E-state index contributed by atoms with van der Waals surface area (Å²) in [6, 6.07) is -1.24. The third kappa shape index (κ3) is 25.5. The second-order valence-electron chi connectivity index (χ2n) is 10.9. The lowest BCUT2D eigenvalue weighted by molar-refractivity contribution is -0.130. The molecule has 0 rings (SSSR count). The molecule has 4 N–H and O–H groups in total. The van der Waals surface area contributed by atoms with Crippen molar-refractivity contribution in [1.82, 2.24) is 5.32 Å². The van der Waals surface area contributed by atoms with E-state index in [0.29, 0.717) is 12.8 Å². The highest BCUT2D eigenvalue weighted by molar-refractivity contribution is 7.85. The first-order valence-corrected chi connectivity index (χ1v) is 17.3. The Morgan fingerprint density at radius 3 is 1.67 bits per heavy atom. The van der Waals surface area contributed by atoms with Crippen LogP contribution in [0.1, 0.15) is 142 Å². The predicted octanol–water partition coefficient (Wildman–Crippen LogP) is 7.04. The van der Waals surface area contributed by atoms with Gasteiger partial charge < -0.3 is 15.5 Å². The highest BCUT2D eigenvalue weighted by Crippen LogP contribution is 2.14. The van der Waals surface area contributed by atoms with Gasteiger partial charge in [0.05, 0.1) is 17.9 Å². The lowest BCUT2D eigenvalue weighted by Crippen LogP contribution is -2.50. The van der Waals surface area contributed by atoms with Crippen molar-refractivity contribution in [2.24, 2.45) is 0 Å². The Balaban J connectivity index is 4.18. The van der Waals surface area contributed by atoms with Gasteiger partial charge in [-0.15, -0.1) is 0 Å². The fourth-order valence-electron chi connectivity index (χ4n) is 4.51. The van der Waals surface area contributed by atoms with Crippen molar-refractivity contribution in [1.29, 1.82) is 0 Å². The highest BCUT2D eigenvalue weighted by Gasteiger charge is 2.27. The van der Waals surface area contributed by atoms with E-state index >= 15 is 0 Å². The van der Waals surface area contributed by atoms with Gasteiger partial charge in [-0.25, -0.2) is 0 Å². The third-order valence-electron chi connectivity index (χ3n) is 6.99. The summed E-state index contributed by atoms with van der Waals surface area (Å²) in [7, 11) is -4.43. The molecule has 0 saturated heterocycles. The maximum Gasteiger partial charge on any atom is 0.267 e. The third-order valence-corrected chi connectivity index (χ3v) is 7.77. The number of carbonyl (C=O) groups is 1. The van der Waals surface area contributed by atoms with Gasteiger partial charge in [-0.2, -0.15) is 8.42 Å². The molecule has 0 aliphatic rings. The Kier molecular flexibility index (Phi) is 24.9. The minimum atomic E-state index is -4.43. The van der Waals surface area contributed by atoms with Crippen LogP contribution in [0.3, 0.4) is 0 Å². The zero-order valence-corrected chi connectivity index (χ0v) is 25.7. The van der Waals surface area contributed by atoms with Crippen LogP contribution in [0.5, 0.6) is 0 Å². The molecule has 8 heteroatoms. The normalized spacial score (nSPS) is 14.7. The van der Waals surface area contributed by atoms with Gasteiger partial charge in [0.2, 0.25) is 5.91 Å². The molecule has 0 aliphatic carbocycles. The van der Waals surface area contributed by atoms with Crippen molar-refractivity contribution in [3.63, 3.8) is 0 Å². The summed E-state index contributed by atoms with van der Waals surface area (Å²) in [5, 5.41) is 23.1. The van der Waals surface area contributed by atoms with Crippen LogP contribution in [0.15, 0.2) is 24.3 Å². The molecule has 230 valence electrons. The summed E-state index contributed by atoms with van der Waals surface area (Å²) in [5.41, 5.74) is 0. The Bertz CT molecular complexity index is 737. The molecule has 0 spiro atoms. The van der Waals surface area contributed by atoms with Gasteiger partial charge in [0, 0.05) is 0 Å². The number of amides is 1. The van der Waals surface area contributed by atoms with Gasteiger partial charge in [0.25, 0.3) is 10.1 Å². The van der Waals surface area contributed by atoms with Crippen molar-refractivity contribution in [3.8, 4) is 0 Å². The van der Waals surface area contributed by atoms with E-state index < -0.39 is 40.0 Å². The lowest BCUT2D eigenvalue weighted by Gasteiger charge is -2.22. The van der Waals surface area contributed by atoms with Gasteiger partial charge in [-0.1, -0.05) is 141 Å². The quantitative estimate of drug-likeness (QED) is 0.0475. The van der Waals surface area contributed by atoms with Gasteiger partial charge >= 0.3 is 0 Å². The first-order valence-electron chi connectivity index (χ1n) is 15.6. The van der Waals surface area contributed by atoms with Crippen molar-refractivity contribution < 1.29 is 28.0 Å². The molecule has 0 heterocycles. The Morgan fingerprint density at radius 1 is 0.692 bits per heavy atom. The van der Waals surface area contributed by atoms with Crippen LogP contribution in [-0.2, 0) is 14.9 Å². The average molecular weight is 574 g/mol. The molecule has 3 unspecified atom stereocenters. The zero-order chi connectivity index (χ0) is 29.2. The number of hydrogen-bond donors (Lipinski definition) is 4. The monoisotopic (exact) mass is 573 g/mol. The van der Waals surface area contributed by atoms with E-state index in [1.54, 1.807) is 6.08 Å². The molecular weight excluding hydrogens is 514 g/mol. The number of carbonyl (C=O) groups excluding carboxylic acids is 1. The predicted molar refractivity (Wildman–Crippen MR) is 162 cm³/mol. The molecule has 39 heavy (non-hydrogen) atoms. The summed E-state index contributed by atoms with van der Waals surface area (Å²) in [5.74, 6) is -1.56. The summed E-state index contributed by atoms with van der Waals surface area (Å²) >= 11 is 0. The first-order chi connectivity index (χ1) is 18.7. The highest BCUT2D eigenvalue weighted by atomic mass is 32.2. The van der Waals surface area contributed by atoms with Gasteiger partial charge in [-0.3, -0.25) is 9.35 Å². The molecule has 0 aromatic rings. The molecule has 0 aromatic carbocycles. The summed E-state index contributed by atoms with van der Waals surface area (Å²) in [6.07, 6.45) is 26.9. The van der Waals surface area contributed by atoms with Crippen LogP contribution >= 0.6 is 0 Å². The number of aliphatic hydroxyl groups excluding tert-OH is 2. The molecule has 0 bridgehead atoms. The second kappa shape index (κ2) is 25.7. The van der Waals surface area contributed by atoms with E-state index in [0.717, 1.165) is 44.9 Å². The molecule has 3 atom stereocenters. The minimum absolute atomic E-state index is 0.277. The number of rotatable bonds is 27. The largest absolute Gasteiger partial charge is 0.387 e. The fourth-order valence-corrected chi connectivity index (χ4v) is 5.25. The smallest absolute Gasteiger partial charge is 0.267 e. The average Bonchev–Trinajstić information content (AvgIpc) is 2.88. The summed E-state index contributed by atoms with van der Waals surface area (Å²) in [6.45, 7) is 4.38. The topological polar surface area (TPSA) is 124 Å². The molecule has 0 radical (unpaired) electrons. The fraction of sp³-hybridized carbons (Fsp3) is 0.839. The maximum atomic E-state index is 12.4. The van der Waals surface area contributed by atoms with Crippen molar-refractivity contribution >= 4 is 16.0 Å². The minimum Gasteiger partial charge on any atom is -0.387 e. The van der Waals surface area contributed by atoms with E-state index in [2.05, 4.69) is 31.3 Å². The number of unbranched alkanes of at least 4 members (excludes halogenated alkanes) is 16. The zero-order valence-electron chi connectivity index (χ0n) is 24.9. The van der Waals surface area contributed by atoms with Crippen LogP contribution in [-0.4, -0.2) is 53.1 Å². The second-order valence-corrected chi connectivity index (χ2v) is 12.4. The molecule has 0 fully saturated rings. The van der Waals surface area contributed by atoms with Gasteiger partial charge in [0.1, 0.15) is 6.10 Å². The van der Waals surface area contributed by atoms with E-state index in [9.17, 15) is 28.0 Å². The van der Waals surface area contributed by atoms with Gasteiger partial charge in [0.15, 0.2) is 0 Å². The SMILES string of the molecule is CCCC/C=C/CC/C=C/C(O)C(CS(=O)(=O)O)NC(=O)C(O)CCCCCCCCCCCCCCCC. The maximum absolute atomic E-state index is 12.4. The van der Waals surface area contributed by atoms with E-state index in [1.165, 1.54) is 70.3 Å². The lowest BCUT2D eigenvalue weighted by atomic mass is 10.0. The standard InChI is InChI=1S/C31H59NO6S/c1-3-5-7-9-11-13-14-15-16-17-18-20-22-24-26-30(34)31(35)32-28(27-39(36,37)38)29(33)25-23-21-19-12-10-8-6-4-2/h10,12,23,25,28-30,33-34H,3-9,11,13-22,24,26-27H2,1-2H3,(H,32,35)(H,36,37,38)/b12-10+,25-23+. The molecule has 1 amide bonds. The Morgan fingerprint density at radius 2 is 1.15 bits per heavy atom. The molecule has 0 aliphatic heterocycles. The van der Waals surface area contributed by atoms with E-state index in [4.69, 9.17) is 0 Å². The molecule has 0 aromatic heterocycles. The number of aliphatic hydroxyl groups is 2. The van der Waals surface area contributed by atoms with Crippen LogP contribution in [0, 0.1) is 0 Å². The molecule has 7 nitrogen and oxygen atoms in total.